The van der Waals surface area contributed by atoms with Crippen LogP contribution in [-0.4, -0.2) is 34.2 Å². The second-order valence-electron chi connectivity index (χ2n) is 5.81. The summed E-state index contributed by atoms with van der Waals surface area (Å²) >= 11 is 1.37. The van der Waals surface area contributed by atoms with E-state index in [1.54, 1.807) is 6.07 Å². The largest absolute Gasteiger partial charge is 0.496 e. The van der Waals surface area contributed by atoms with E-state index >= 15 is 0 Å². The number of non-ortho nitro benzene ring substituents is 1. The highest BCUT2D eigenvalue weighted by molar-refractivity contribution is 8.13. The van der Waals surface area contributed by atoms with Crippen LogP contribution >= 0.6 is 11.8 Å². The van der Waals surface area contributed by atoms with Crippen LogP contribution in [0.5, 0.6) is 5.75 Å². The zero-order chi connectivity index (χ0) is 17.3. The molecule has 8 nitrogen and oxygen atoms in total. The highest BCUT2D eigenvalue weighted by atomic mass is 32.2. The fourth-order valence-corrected chi connectivity index (χ4v) is 4.73. The van der Waals surface area contributed by atoms with Gasteiger partial charge in [-0.15, -0.1) is 0 Å². The molecule has 0 spiro atoms. The minimum atomic E-state index is -1.17. The number of rotatable bonds is 3. The second kappa shape index (κ2) is 6.31. The quantitative estimate of drug-likeness (QED) is 0.639. The monoisotopic (exact) mass is 351 g/mol. The third-order valence-electron chi connectivity index (χ3n) is 4.58. The first-order valence-electron chi connectivity index (χ1n) is 7.52. The lowest BCUT2D eigenvalue weighted by Gasteiger charge is -2.37. The van der Waals surface area contributed by atoms with E-state index < -0.39 is 16.6 Å². The van der Waals surface area contributed by atoms with Crippen LogP contribution in [0.4, 0.5) is 10.5 Å². The molecular formula is C15H17N3O5S. The van der Waals surface area contributed by atoms with E-state index in [2.05, 4.69) is 10.3 Å². The minimum absolute atomic E-state index is 0.0213. The fourth-order valence-electron chi connectivity index (χ4n) is 3.54. The van der Waals surface area contributed by atoms with Crippen molar-refractivity contribution < 1.29 is 19.6 Å². The van der Waals surface area contributed by atoms with Gasteiger partial charge >= 0.3 is 6.09 Å². The van der Waals surface area contributed by atoms with Gasteiger partial charge in [0, 0.05) is 23.4 Å². The predicted molar refractivity (Wildman–Crippen MR) is 89.7 cm³/mol. The number of carbonyl (C=O) groups is 1. The number of aliphatic imine (C=N–C) groups is 1. The molecule has 0 aromatic heterocycles. The summed E-state index contributed by atoms with van der Waals surface area (Å²) in [6.45, 7) is 0. The van der Waals surface area contributed by atoms with Crippen molar-refractivity contribution in [1.82, 2.24) is 5.32 Å². The summed E-state index contributed by atoms with van der Waals surface area (Å²) in [6, 6.07) is 4.49. The van der Waals surface area contributed by atoms with Gasteiger partial charge in [-0.2, -0.15) is 0 Å². The normalized spacial score (nSPS) is 25.5. The van der Waals surface area contributed by atoms with Gasteiger partial charge in [-0.05, 0) is 24.8 Å². The number of methoxy groups -OCH3 is 1. The van der Waals surface area contributed by atoms with E-state index in [-0.39, 0.29) is 11.6 Å². The molecule has 1 heterocycles. The number of nitro benzene ring substituents is 1. The van der Waals surface area contributed by atoms with Crippen molar-refractivity contribution in [3.8, 4) is 5.75 Å². The standard InChI is InChI=1S/C15H17N3O5S/c1-23-12-5-4-10(18(21)22)7-11(12)15-6-2-3-9(15)8-24-13(17-15)16-14(19)20/h4-5,7,9H,2-3,6,8H2,1H3,(H,16,17)(H,19,20). The molecule has 2 atom stereocenters. The molecule has 1 aromatic carbocycles. The van der Waals surface area contributed by atoms with Crippen LogP contribution in [0.3, 0.4) is 0 Å². The SMILES string of the molecule is COc1ccc([N+](=O)[O-])cc1C12CCCC1CSC(NC(=O)O)=N2. The highest BCUT2D eigenvalue weighted by Gasteiger charge is 2.49. The van der Waals surface area contributed by atoms with E-state index in [0.29, 0.717) is 28.7 Å². The number of hydrogen-bond acceptors (Lipinski definition) is 6. The van der Waals surface area contributed by atoms with Crippen LogP contribution in [0.15, 0.2) is 23.2 Å². The summed E-state index contributed by atoms with van der Waals surface area (Å²) in [5, 5.41) is 22.8. The minimum Gasteiger partial charge on any atom is -0.496 e. The Morgan fingerprint density at radius 2 is 2.38 bits per heavy atom. The lowest BCUT2D eigenvalue weighted by molar-refractivity contribution is -0.385. The molecule has 0 saturated heterocycles. The average molecular weight is 351 g/mol. The molecule has 2 N–H and O–H groups in total. The van der Waals surface area contributed by atoms with Gasteiger partial charge in [-0.3, -0.25) is 20.4 Å². The number of nitrogens with zero attached hydrogens (tertiary/aromatic N) is 2. The summed E-state index contributed by atoms with van der Waals surface area (Å²) in [5.74, 6) is 1.45. The van der Waals surface area contributed by atoms with E-state index in [0.717, 1.165) is 12.8 Å². The van der Waals surface area contributed by atoms with Crippen molar-refractivity contribution in [1.29, 1.82) is 0 Å². The van der Waals surface area contributed by atoms with Gasteiger partial charge in [-0.1, -0.05) is 18.2 Å². The van der Waals surface area contributed by atoms with Gasteiger partial charge in [0.1, 0.15) is 5.75 Å². The molecule has 1 aromatic rings. The Kier molecular flexibility index (Phi) is 4.35. The Hall–Kier alpha value is -2.29. The van der Waals surface area contributed by atoms with Crippen LogP contribution in [-0.2, 0) is 5.54 Å². The molecule has 1 aliphatic heterocycles. The number of thioether (sulfide) groups is 1. The van der Waals surface area contributed by atoms with Gasteiger partial charge in [0.05, 0.1) is 17.6 Å². The van der Waals surface area contributed by atoms with Crippen LogP contribution in [0.25, 0.3) is 0 Å². The van der Waals surface area contributed by atoms with Crippen LogP contribution < -0.4 is 10.1 Å². The van der Waals surface area contributed by atoms with Crippen molar-refractivity contribution in [3.63, 3.8) is 0 Å². The summed E-state index contributed by atoms with van der Waals surface area (Å²) in [5.41, 5.74) is -0.0425. The number of nitrogens with one attached hydrogen (secondary N) is 1. The van der Waals surface area contributed by atoms with E-state index in [1.165, 1.54) is 31.0 Å². The number of ether oxygens (including phenoxy) is 1. The summed E-state index contributed by atoms with van der Waals surface area (Å²) in [4.78, 5) is 26.4. The van der Waals surface area contributed by atoms with Crippen LogP contribution in [0.2, 0.25) is 0 Å². The summed E-state index contributed by atoms with van der Waals surface area (Å²) < 4.78 is 5.42. The predicted octanol–water partition coefficient (Wildman–Crippen LogP) is 2.97. The third kappa shape index (κ3) is 2.79. The van der Waals surface area contributed by atoms with E-state index in [9.17, 15) is 14.9 Å². The number of fused-ring (bicyclic) bond motifs is 1. The van der Waals surface area contributed by atoms with Crippen LogP contribution in [0.1, 0.15) is 24.8 Å². The van der Waals surface area contributed by atoms with Crippen molar-refractivity contribution in [2.45, 2.75) is 24.8 Å². The number of amidine groups is 1. The summed E-state index contributed by atoms with van der Waals surface area (Å²) in [7, 11) is 1.52. The van der Waals surface area contributed by atoms with Crippen molar-refractivity contribution in [2.75, 3.05) is 12.9 Å². The molecule has 0 bridgehead atoms. The molecule has 128 valence electrons. The lowest BCUT2D eigenvalue weighted by atomic mass is 9.81. The average Bonchev–Trinajstić information content (AvgIpc) is 2.97. The molecule has 1 aliphatic carbocycles. The molecule has 2 unspecified atom stereocenters. The van der Waals surface area contributed by atoms with Crippen molar-refractivity contribution in [2.24, 2.45) is 10.9 Å². The van der Waals surface area contributed by atoms with Gasteiger partial charge in [-0.25, -0.2) is 4.79 Å². The molecule has 1 amide bonds. The first kappa shape index (κ1) is 16.6. The number of carboxylic acid groups (broad SMARTS) is 1. The van der Waals surface area contributed by atoms with E-state index in [1.807, 2.05) is 0 Å². The zero-order valence-electron chi connectivity index (χ0n) is 13.0. The van der Waals surface area contributed by atoms with Crippen molar-refractivity contribution >= 4 is 28.7 Å². The molecule has 1 fully saturated rings. The number of hydrogen-bond donors (Lipinski definition) is 2. The zero-order valence-corrected chi connectivity index (χ0v) is 13.8. The van der Waals surface area contributed by atoms with Gasteiger partial charge in [0.15, 0.2) is 5.17 Å². The smallest absolute Gasteiger partial charge is 0.410 e. The van der Waals surface area contributed by atoms with Crippen LogP contribution in [0, 0.1) is 16.0 Å². The Morgan fingerprint density at radius 1 is 1.58 bits per heavy atom. The molecule has 1 saturated carbocycles. The molecule has 2 aliphatic rings. The Balaban J connectivity index is 2.14. The highest BCUT2D eigenvalue weighted by Crippen LogP contribution is 2.53. The van der Waals surface area contributed by atoms with E-state index in [4.69, 9.17) is 9.84 Å². The number of amides is 1. The Bertz CT molecular complexity index is 723. The number of benzene rings is 1. The topological polar surface area (TPSA) is 114 Å². The maximum atomic E-state index is 11.2. The number of nitro groups is 1. The first-order valence-corrected chi connectivity index (χ1v) is 8.50. The molecule has 24 heavy (non-hydrogen) atoms. The molecule has 3 rings (SSSR count). The van der Waals surface area contributed by atoms with Gasteiger partial charge in [0.2, 0.25) is 0 Å². The van der Waals surface area contributed by atoms with Gasteiger partial charge in [0.25, 0.3) is 5.69 Å². The molecular weight excluding hydrogens is 334 g/mol. The Labute approximate surface area is 142 Å². The molecule has 9 heteroatoms. The van der Waals surface area contributed by atoms with Crippen molar-refractivity contribution in [3.05, 3.63) is 33.9 Å². The lowest BCUT2D eigenvalue weighted by Crippen LogP contribution is -2.39. The fraction of sp³-hybridized carbons (Fsp3) is 0.467. The Morgan fingerprint density at radius 3 is 3.04 bits per heavy atom. The maximum Gasteiger partial charge on any atom is 0.410 e. The first-order chi connectivity index (χ1) is 11.5. The maximum absolute atomic E-state index is 11.2. The second-order valence-corrected chi connectivity index (χ2v) is 6.82. The third-order valence-corrected chi connectivity index (χ3v) is 5.62. The summed E-state index contributed by atoms with van der Waals surface area (Å²) in [6.07, 6.45) is 1.42. The molecule has 0 radical (unpaired) electrons. The van der Waals surface area contributed by atoms with Gasteiger partial charge < -0.3 is 9.84 Å².